The maximum atomic E-state index is 12.5. The third-order valence-corrected chi connectivity index (χ3v) is 6.38. The van der Waals surface area contributed by atoms with Crippen LogP contribution in [0.25, 0.3) is 0 Å². The van der Waals surface area contributed by atoms with Crippen LogP contribution in [0.2, 0.25) is 0 Å². The molecule has 2 heterocycles. The molecule has 2 aromatic heterocycles. The molecule has 0 saturated heterocycles. The smallest absolute Gasteiger partial charge is 0.344 e. The fourth-order valence-corrected chi connectivity index (χ4v) is 4.36. The number of aryl methyl sites for hydroxylation is 1. The zero-order valence-electron chi connectivity index (χ0n) is 18.6. The van der Waals surface area contributed by atoms with Gasteiger partial charge in [-0.25, -0.2) is 9.89 Å². The number of nitrogens with one attached hydrogen (secondary N) is 2. The van der Waals surface area contributed by atoms with E-state index in [1.807, 2.05) is 67.1 Å². The molecule has 0 saturated carbocycles. The van der Waals surface area contributed by atoms with Crippen molar-refractivity contribution in [2.45, 2.75) is 38.6 Å². The van der Waals surface area contributed by atoms with Crippen LogP contribution in [0.3, 0.4) is 0 Å². The van der Waals surface area contributed by atoms with E-state index in [1.165, 1.54) is 21.9 Å². The van der Waals surface area contributed by atoms with Crippen LogP contribution in [0.4, 0.5) is 0 Å². The van der Waals surface area contributed by atoms with E-state index in [9.17, 15) is 9.59 Å². The summed E-state index contributed by atoms with van der Waals surface area (Å²) in [4.78, 5) is 24.6. The standard InChI is InChI=1S/C24H26N6O2S/c1-17-21(18(2)30(28-17)15-20-11-7-4-8-12-20)13-25-22(31)16-33-24-27-26-23(32)29(24)14-19-9-5-3-6-10-19/h3-12H,13-16H2,1-2H3,(H,25,31)(H,26,32). The minimum absolute atomic E-state index is 0.128. The topological polar surface area (TPSA) is 97.6 Å². The Kier molecular flexibility index (Phi) is 7.09. The molecule has 0 atom stereocenters. The highest BCUT2D eigenvalue weighted by Gasteiger charge is 2.15. The van der Waals surface area contributed by atoms with Crippen LogP contribution in [-0.4, -0.2) is 36.2 Å². The molecule has 2 N–H and O–H groups in total. The van der Waals surface area contributed by atoms with Gasteiger partial charge >= 0.3 is 5.69 Å². The number of amides is 1. The van der Waals surface area contributed by atoms with Gasteiger partial charge in [-0.05, 0) is 25.0 Å². The van der Waals surface area contributed by atoms with Crippen LogP contribution in [-0.2, 0) is 24.4 Å². The Morgan fingerprint density at radius 2 is 1.64 bits per heavy atom. The highest BCUT2D eigenvalue weighted by atomic mass is 32.2. The van der Waals surface area contributed by atoms with E-state index in [1.54, 1.807) is 0 Å². The van der Waals surface area contributed by atoms with Gasteiger partial charge in [0.15, 0.2) is 5.16 Å². The molecule has 8 nitrogen and oxygen atoms in total. The monoisotopic (exact) mass is 462 g/mol. The van der Waals surface area contributed by atoms with Gasteiger partial charge < -0.3 is 5.32 Å². The number of carbonyl (C=O) groups is 1. The van der Waals surface area contributed by atoms with Crippen LogP contribution in [0.1, 0.15) is 28.1 Å². The molecular weight excluding hydrogens is 436 g/mol. The number of nitrogens with zero attached hydrogens (tertiary/aromatic N) is 4. The second-order valence-corrected chi connectivity index (χ2v) is 8.68. The number of rotatable bonds is 9. The highest BCUT2D eigenvalue weighted by Crippen LogP contribution is 2.16. The molecule has 0 fully saturated rings. The number of carbonyl (C=O) groups excluding carboxylic acids is 1. The Morgan fingerprint density at radius 1 is 1.00 bits per heavy atom. The predicted octanol–water partition coefficient (Wildman–Crippen LogP) is 2.89. The molecule has 4 aromatic rings. The molecule has 0 bridgehead atoms. The zero-order valence-corrected chi connectivity index (χ0v) is 19.4. The Hall–Kier alpha value is -3.59. The number of aromatic nitrogens is 5. The van der Waals surface area contributed by atoms with Gasteiger partial charge in [-0.1, -0.05) is 72.4 Å². The van der Waals surface area contributed by atoms with Gasteiger partial charge in [0.2, 0.25) is 5.91 Å². The minimum Gasteiger partial charge on any atom is -0.351 e. The molecule has 33 heavy (non-hydrogen) atoms. The van der Waals surface area contributed by atoms with E-state index < -0.39 is 0 Å². The lowest BCUT2D eigenvalue weighted by molar-refractivity contribution is -0.118. The molecule has 0 radical (unpaired) electrons. The highest BCUT2D eigenvalue weighted by molar-refractivity contribution is 7.99. The van der Waals surface area contributed by atoms with Crippen LogP contribution in [0.15, 0.2) is 70.6 Å². The fraction of sp³-hybridized carbons (Fsp3) is 0.250. The number of benzene rings is 2. The first-order valence-electron chi connectivity index (χ1n) is 10.7. The summed E-state index contributed by atoms with van der Waals surface area (Å²) < 4.78 is 3.50. The van der Waals surface area contributed by atoms with Crippen molar-refractivity contribution in [1.29, 1.82) is 0 Å². The molecule has 9 heteroatoms. The molecule has 170 valence electrons. The van der Waals surface area contributed by atoms with E-state index in [2.05, 4.69) is 32.7 Å². The van der Waals surface area contributed by atoms with E-state index in [0.717, 1.165) is 22.5 Å². The maximum Gasteiger partial charge on any atom is 0.344 e. The van der Waals surface area contributed by atoms with E-state index in [4.69, 9.17) is 0 Å². The number of hydrogen-bond donors (Lipinski definition) is 2. The summed E-state index contributed by atoms with van der Waals surface area (Å²) in [5.41, 5.74) is 4.83. The van der Waals surface area contributed by atoms with Crippen molar-refractivity contribution in [2.75, 3.05) is 5.75 Å². The quantitative estimate of drug-likeness (QED) is 0.373. The number of H-pyrrole nitrogens is 1. The first-order chi connectivity index (χ1) is 16.0. The lowest BCUT2D eigenvalue weighted by Gasteiger charge is -2.08. The minimum atomic E-state index is -0.293. The lowest BCUT2D eigenvalue weighted by Crippen LogP contribution is -2.25. The first-order valence-corrected chi connectivity index (χ1v) is 11.6. The Balaban J connectivity index is 1.34. The summed E-state index contributed by atoms with van der Waals surface area (Å²) >= 11 is 1.23. The summed E-state index contributed by atoms with van der Waals surface area (Å²) in [5.74, 6) is 0.0336. The molecule has 2 aromatic carbocycles. The molecule has 1 amide bonds. The van der Waals surface area contributed by atoms with Crippen LogP contribution < -0.4 is 11.0 Å². The van der Waals surface area contributed by atoms with Gasteiger partial charge in [0.1, 0.15) is 0 Å². The van der Waals surface area contributed by atoms with Crippen LogP contribution in [0, 0.1) is 13.8 Å². The molecule has 0 spiro atoms. The normalized spacial score (nSPS) is 11.0. The van der Waals surface area contributed by atoms with Crippen molar-refractivity contribution in [2.24, 2.45) is 0 Å². The van der Waals surface area contributed by atoms with Crippen LogP contribution >= 0.6 is 11.8 Å². The number of hydrogen-bond acceptors (Lipinski definition) is 5. The van der Waals surface area contributed by atoms with Gasteiger partial charge in [0, 0.05) is 17.8 Å². The fourth-order valence-electron chi connectivity index (χ4n) is 3.59. The second kappa shape index (κ2) is 10.4. The Morgan fingerprint density at radius 3 is 2.30 bits per heavy atom. The number of aromatic amines is 1. The Bertz CT molecular complexity index is 1280. The SMILES string of the molecule is Cc1nn(Cc2ccccc2)c(C)c1CNC(=O)CSc1n[nH]c(=O)n1Cc1ccccc1. The average Bonchev–Trinajstić information content (AvgIpc) is 3.30. The molecule has 0 aliphatic rings. The summed E-state index contributed by atoms with van der Waals surface area (Å²) in [5, 5.41) is 14.6. The Labute approximate surface area is 196 Å². The first kappa shape index (κ1) is 22.6. The summed E-state index contributed by atoms with van der Waals surface area (Å²) in [6.07, 6.45) is 0. The van der Waals surface area contributed by atoms with Crippen molar-refractivity contribution in [3.8, 4) is 0 Å². The van der Waals surface area contributed by atoms with Gasteiger partial charge in [-0.2, -0.15) is 5.10 Å². The van der Waals surface area contributed by atoms with Crippen molar-refractivity contribution in [3.63, 3.8) is 0 Å². The third-order valence-electron chi connectivity index (χ3n) is 5.41. The van der Waals surface area contributed by atoms with E-state index in [-0.39, 0.29) is 17.3 Å². The van der Waals surface area contributed by atoms with Crippen molar-refractivity contribution >= 4 is 17.7 Å². The lowest BCUT2D eigenvalue weighted by atomic mass is 10.2. The maximum absolute atomic E-state index is 12.5. The summed E-state index contributed by atoms with van der Waals surface area (Å²) in [6.45, 7) is 5.47. The van der Waals surface area contributed by atoms with Crippen molar-refractivity contribution in [3.05, 3.63) is 99.2 Å². The van der Waals surface area contributed by atoms with Crippen LogP contribution in [0.5, 0.6) is 0 Å². The summed E-state index contributed by atoms with van der Waals surface area (Å²) in [7, 11) is 0. The van der Waals surface area contributed by atoms with Crippen molar-refractivity contribution in [1.82, 2.24) is 29.9 Å². The molecule has 0 aliphatic heterocycles. The average molecular weight is 463 g/mol. The predicted molar refractivity (Wildman–Crippen MR) is 128 cm³/mol. The van der Waals surface area contributed by atoms with Crippen molar-refractivity contribution < 1.29 is 4.79 Å². The van der Waals surface area contributed by atoms with E-state index >= 15 is 0 Å². The van der Waals surface area contributed by atoms with Gasteiger partial charge in [0.05, 0.1) is 24.5 Å². The zero-order chi connectivity index (χ0) is 23.2. The van der Waals surface area contributed by atoms with Gasteiger partial charge in [-0.3, -0.25) is 14.0 Å². The molecule has 0 unspecified atom stereocenters. The summed E-state index contributed by atoms with van der Waals surface area (Å²) in [6, 6.07) is 19.8. The van der Waals surface area contributed by atoms with Gasteiger partial charge in [0.25, 0.3) is 0 Å². The third kappa shape index (κ3) is 5.61. The second-order valence-electron chi connectivity index (χ2n) is 7.74. The largest absolute Gasteiger partial charge is 0.351 e. The molecular formula is C24H26N6O2S. The molecule has 4 rings (SSSR count). The molecule has 0 aliphatic carbocycles. The number of thioether (sulfide) groups is 1. The van der Waals surface area contributed by atoms with Gasteiger partial charge in [-0.15, -0.1) is 5.10 Å². The van der Waals surface area contributed by atoms with E-state index in [0.29, 0.717) is 24.8 Å².